The summed E-state index contributed by atoms with van der Waals surface area (Å²) >= 11 is 0. The Bertz CT molecular complexity index is 932. The smallest absolute Gasteiger partial charge is 0.244 e. The van der Waals surface area contributed by atoms with Crippen molar-refractivity contribution in [2.75, 3.05) is 17.7 Å². The van der Waals surface area contributed by atoms with Crippen molar-refractivity contribution < 1.29 is 22.3 Å². The maximum atomic E-state index is 14.3. The number of para-hydroxylation sites is 1. The van der Waals surface area contributed by atoms with Crippen LogP contribution in [0.3, 0.4) is 0 Å². The first-order valence-electron chi connectivity index (χ1n) is 9.41. The highest BCUT2D eigenvalue weighted by Crippen LogP contribution is 2.26. The number of nitrogens with one attached hydrogen (secondary N) is 1. The lowest BCUT2D eigenvalue weighted by atomic mass is 10.0. The molecule has 0 heterocycles. The third-order valence-electron chi connectivity index (χ3n) is 4.66. The number of carbonyl (C=O) groups excluding carboxylic acids is 1. The molecule has 6 nitrogen and oxygen atoms in total. The van der Waals surface area contributed by atoms with Gasteiger partial charge >= 0.3 is 0 Å². The Morgan fingerprint density at radius 2 is 1.72 bits per heavy atom. The molecular weight excluding hydrogens is 395 g/mol. The van der Waals surface area contributed by atoms with Gasteiger partial charge in [0.25, 0.3) is 0 Å². The normalized spacial score (nSPS) is 13.4. The van der Waals surface area contributed by atoms with Crippen molar-refractivity contribution in [3.8, 4) is 5.75 Å². The lowest BCUT2D eigenvalue weighted by Gasteiger charge is -2.31. The summed E-state index contributed by atoms with van der Waals surface area (Å²) in [6, 6.07) is 11.4. The number of amides is 1. The first kappa shape index (κ1) is 22.7. The number of benzene rings is 2. The summed E-state index contributed by atoms with van der Waals surface area (Å²) in [7, 11) is -2.33. The van der Waals surface area contributed by atoms with Crippen LogP contribution in [0.15, 0.2) is 48.5 Å². The molecule has 0 saturated carbocycles. The number of anilines is 1. The summed E-state index contributed by atoms with van der Waals surface area (Å²) in [5, 5.41) is 2.90. The molecule has 158 valence electrons. The first-order valence-corrected chi connectivity index (χ1v) is 11.3. The van der Waals surface area contributed by atoms with Crippen LogP contribution in [-0.2, 0) is 14.8 Å². The lowest BCUT2D eigenvalue weighted by Crippen LogP contribution is -2.50. The van der Waals surface area contributed by atoms with Crippen molar-refractivity contribution in [3.63, 3.8) is 0 Å². The van der Waals surface area contributed by atoms with E-state index < -0.39 is 27.8 Å². The Balaban J connectivity index is 2.34. The maximum Gasteiger partial charge on any atom is 0.244 e. The van der Waals surface area contributed by atoms with E-state index in [4.69, 9.17) is 4.74 Å². The molecule has 2 aromatic carbocycles. The van der Waals surface area contributed by atoms with E-state index in [1.165, 1.54) is 24.3 Å². The molecule has 8 heteroatoms. The van der Waals surface area contributed by atoms with E-state index in [-0.39, 0.29) is 18.2 Å². The zero-order chi connectivity index (χ0) is 21.6. The SMILES string of the molecule is CC[C@H](NC(=O)[C@@H](CC)N(c1ccccc1F)S(C)(=O)=O)c1ccc(OC)cc1. The molecular formula is C21H27FN2O4S. The van der Waals surface area contributed by atoms with Gasteiger partial charge in [-0.15, -0.1) is 0 Å². The van der Waals surface area contributed by atoms with Crippen LogP contribution >= 0.6 is 0 Å². The molecule has 0 unspecified atom stereocenters. The van der Waals surface area contributed by atoms with Gasteiger partial charge in [-0.2, -0.15) is 0 Å². The molecule has 0 aromatic heterocycles. The van der Waals surface area contributed by atoms with Crippen LogP contribution in [0.5, 0.6) is 5.75 Å². The van der Waals surface area contributed by atoms with Crippen LogP contribution in [-0.4, -0.2) is 33.7 Å². The van der Waals surface area contributed by atoms with Gasteiger partial charge in [0.15, 0.2) is 0 Å². The monoisotopic (exact) mass is 422 g/mol. The maximum absolute atomic E-state index is 14.3. The largest absolute Gasteiger partial charge is 0.497 e. The highest BCUT2D eigenvalue weighted by Gasteiger charge is 2.33. The highest BCUT2D eigenvalue weighted by atomic mass is 32.2. The number of hydrogen-bond acceptors (Lipinski definition) is 4. The summed E-state index contributed by atoms with van der Waals surface area (Å²) in [5.41, 5.74) is 0.725. The average Bonchev–Trinajstić information content (AvgIpc) is 2.70. The standard InChI is InChI=1S/C21H27FN2O4S/c1-5-18(15-11-13-16(28-3)14-12-15)23-21(25)19(6-2)24(29(4,26)27)20-10-8-7-9-17(20)22/h7-14,18-19H,5-6H2,1-4H3,(H,23,25)/t18-,19+/m0/s1. The number of halogens is 1. The van der Waals surface area contributed by atoms with Gasteiger partial charge in [-0.1, -0.05) is 38.1 Å². The molecule has 1 N–H and O–H groups in total. The van der Waals surface area contributed by atoms with Gasteiger partial charge in [0.1, 0.15) is 17.6 Å². The van der Waals surface area contributed by atoms with Crippen molar-refractivity contribution >= 4 is 21.6 Å². The van der Waals surface area contributed by atoms with Crippen molar-refractivity contribution in [1.82, 2.24) is 5.32 Å². The van der Waals surface area contributed by atoms with Crippen LogP contribution in [0.2, 0.25) is 0 Å². The molecule has 0 bridgehead atoms. The van der Waals surface area contributed by atoms with E-state index in [0.29, 0.717) is 12.2 Å². The number of rotatable bonds is 9. The second-order valence-corrected chi connectivity index (χ2v) is 8.54. The van der Waals surface area contributed by atoms with Crippen LogP contribution in [0, 0.1) is 5.82 Å². The summed E-state index contributed by atoms with van der Waals surface area (Å²) < 4.78 is 45.3. The minimum atomic E-state index is -3.90. The zero-order valence-corrected chi connectivity index (χ0v) is 17.9. The Labute approximate surface area is 171 Å². The molecule has 0 saturated heterocycles. The van der Waals surface area contributed by atoms with Crippen LogP contribution in [0.1, 0.15) is 38.3 Å². The van der Waals surface area contributed by atoms with E-state index in [1.807, 2.05) is 19.1 Å². The summed E-state index contributed by atoms with van der Waals surface area (Å²) in [4.78, 5) is 13.0. The average molecular weight is 423 g/mol. The predicted molar refractivity (Wildman–Crippen MR) is 112 cm³/mol. The minimum absolute atomic E-state index is 0.144. The van der Waals surface area contributed by atoms with Gasteiger partial charge in [0.2, 0.25) is 15.9 Å². The second-order valence-electron chi connectivity index (χ2n) is 6.68. The molecule has 1 amide bonds. The highest BCUT2D eigenvalue weighted by molar-refractivity contribution is 7.92. The van der Waals surface area contributed by atoms with E-state index in [1.54, 1.807) is 26.2 Å². The van der Waals surface area contributed by atoms with E-state index in [0.717, 1.165) is 16.1 Å². The Kier molecular flexibility index (Phi) is 7.61. The fourth-order valence-electron chi connectivity index (χ4n) is 3.19. The minimum Gasteiger partial charge on any atom is -0.497 e. The number of methoxy groups -OCH3 is 1. The number of nitrogens with zero attached hydrogens (tertiary/aromatic N) is 1. The number of hydrogen-bond donors (Lipinski definition) is 1. The third kappa shape index (κ3) is 5.47. The van der Waals surface area contributed by atoms with E-state index in [2.05, 4.69) is 5.32 Å². The molecule has 2 aromatic rings. The number of sulfonamides is 1. The van der Waals surface area contributed by atoms with Gasteiger partial charge in [0, 0.05) is 0 Å². The molecule has 0 aliphatic carbocycles. The van der Waals surface area contributed by atoms with Crippen molar-refractivity contribution in [2.45, 2.75) is 38.8 Å². The number of ether oxygens (including phenoxy) is 1. The Morgan fingerprint density at radius 3 is 2.21 bits per heavy atom. The number of carbonyl (C=O) groups is 1. The third-order valence-corrected chi connectivity index (χ3v) is 5.83. The molecule has 2 atom stereocenters. The fraction of sp³-hybridized carbons (Fsp3) is 0.381. The van der Waals surface area contributed by atoms with Gasteiger partial charge < -0.3 is 10.1 Å². The topological polar surface area (TPSA) is 75.7 Å². The molecule has 0 aliphatic rings. The molecule has 0 aliphatic heterocycles. The summed E-state index contributed by atoms with van der Waals surface area (Å²) in [5.74, 6) is -0.487. The Hall–Kier alpha value is -2.61. The lowest BCUT2D eigenvalue weighted by molar-refractivity contribution is -0.123. The van der Waals surface area contributed by atoms with Gasteiger partial charge in [-0.25, -0.2) is 12.8 Å². The van der Waals surface area contributed by atoms with Crippen LogP contribution in [0.25, 0.3) is 0 Å². The predicted octanol–water partition coefficient (Wildman–Crippen LogP) is 3.65. The van der Waals surface area contributed by atoms with Crippen molar-refractivity contribution in [2.24, 2.45) is 0 Å². The van der Waals surface area contributed by atoms with Crippen molar-refractivity contribution in [3.05, 3.63) is 59.9 Å². The molecule has 0 spiro atoms. The summed E-state index contributed by atoms with van der Waals surface area (Å²) in [6.07, 6.45) is 1.76. The van der Waals surface area contributed by atoms with Crippen LogP contribution in [0.4, 0.5) is 10.1 Å². The summed E-state index contributed by atoms with van der Waals surface area (Å²) in [6.45, 7) is 3.61. The fourth-order valence-corrected chi connectivity index (χ4v) is 4.40. The quantitative estimate of drug-likeness (QED) is 0.669. The first-order chi connectivity index (χ1) is 13.7. The van der Waals surface area contributed by atoms with Gasteiger partial charge in [-0.05, 0) is 42.7 Å². The molecule has 0 fully saturated rings. The van der Waals surface area contributed by atoms with Crippen molar-refractivity contribution in [1.29, 1.82) is 0 Å². The molecule has 0 radical (unpaired) electrons. The van der Waals surface area contributed by atoms with Gasteiger partial charge in [0.05, 0.1) is 25.1 Å². The molecule has 29 heavy (non-hydrogen) atoms. The van der Waals surface area contributed by atoms with E-state index in [9.17, 15) is 17.6 Å². The van der Waals surface area contributed by atoms with Gasteiger partial charge in [-0.3, -0.25) is 9.10 Å². The van der Waals surface area contributed by atoms with E-state index >= 15 is 0 Å². The zero-order valence-electron chi connectivity index (χ0n) is 17.1. The van der Waals surface area contributed by atoms with Crippen LogP contribution < -0.4 is 14.4 Å². The Morgan fingerprint density at radius 1 is 1.10 bits per heavy atom. The molecule has 2 rings (SSSR count). The second kappa shape index (κ2) is 9.73.